The van der Waals surface area contributed by atoms with Crippen molar-refractivity contribution in [1.29, 1.82) is 0 Å². The van der Waals surface area contributed by atoms with Crippen molar-refractivity contribution in [2.24, 2.45) is 0 Å². The maximum atomic E-state index is 11.0. The fourth-order valence-corrected chi connectivity index (χ4v) is 1.87. The lowest BCUT2D eigenvalue weighted by Gasteiger charge is -1.98. The van der Waals surface area contributed by atoms with Gasteiger partial charge in [-0.05, 0) is 13.5 Å². The zero-order valence-corrected chi connectivity index (χ0v) is 7.67. The molecule has 0 aliphatic rings. The minimum absolute atomic E-state index is 0.582. The predicted molar refractivity (Wildman–Crippen MR) is 46.7 cm³/mol. The van der Waals surface area contributed by atoms with E-state index in [0.29, 0.717) is 0 Å². The summed E-state index contributed by atoms with van der Waals surface area (Å²) >= 11 is 0. The first-order valence-electron chi connectivity index (χ1n) is 3.80. The van der Waals surface area contributed by atoms with Gasteiger partial charge in [-0.2, -0.15) is 0 Å². The van der Waals surface area contributed by atoms with Crippen LogP contribution in [0.1, 0.15) is 19.8 Å². The molecule has 0 rings (SSSR count). The van der Waals surface area contributed by atoms with Gasteiger partial charge in [-0.25, -0.2) is 0 Å². The van der Waals surface area contributed by atoms with Crippen LogP contribution >= 0.6 is 0 Å². The summed E-state index contributed by atoms with van der Waals surface area (Å²) in [6, 6.07) is 0. The summed E-state index contributed by atoms with van der Waals surface area (Å²) in [6.45, 7) is 2.99. The molecule has 0 saturated heterocycles. The number of hydrogen-bond acceptors (Lipinski definition) is 2. The Balaban J connectivity index is 3.09. The maximum absolute atomic E-state index is 11.0. The van der Waals surface area contributed by atoms with Crippen LogP contribution in [0, 0.1) is 0 Å². The Hall–Kier alpha value is 0.110. The number of nitrogens with one attached hydrogen (secondary N) is 1. The van der Waals surface area contributed by atoms with Crippen molar-refractivity contribution in [3.63, 3.8) is 0 Å². The van der Waals surface area contributed by atoms with Crippen molar-refractivity contribution >= 4 is 10.8 Å². The van der Waals surface area contributed by atoms with Crippen molar-refractivity contribution in [2.75, 3.05) is 25.1 Å². The molecule has 0 spiro atoms. The van der Waals surface area contributed by atoms with Gasteiger partial charge in [0.25, 0.3) is 0 Å². The lowest BCUT2D eigenvalue weighted by Crippen LogP contribution is -2.16. The monoisotopic (exact) mass is 163 g/mol. The third kappa shape index (κ3) is 6.23. The van der Waals surface area contributed by atoms with Crippen LogP contribution in [0.15, 0.2) is 0 Å². The molecular formula is C7H17NOS. The standard InChI is InChI=1S/C7H17NOS/c1-3-4-6-10(9)7-5-8-2/h8H,3-7H2,1-2H3. The second-order valence-electron chi connectivity index (χ2n) is 2.31. The largest absolute Gasteiger partial charge is 0.319 e. The summed E-state index contributed by atoms with van der Waals surface area (Å²) < 4.78 is 11.0. The predicted octanol–water partition coefficient (Wildman–Crippen LogP) is 0.755. The highest BCUT2D eigenvalue weighted by molar-refractivity contribution is 7.84. The molecule has 0 fully saturated rings. The van der Waals surface area contributed by atoms with E-state index >= 15 is 0 Å². The topological polar surface area (TPSA) is 29.1 Å². The number of hydrogen-bond donors (Lipinski definition) is 1. The van der Waals surface area contributed by atoms with Gasteiger partial charge in [0, 0.05) is 28.9 Å². The molecule has 3 heteroatoms. The molecule has 1 unspecified atom stereocenters. The molecule has 2 nitrogen and oxygen atoms in total. The molecule has 0 amide bonds. The zero-order chi connectivity index (χ0) is 7.82. The van der Waals surface area contributed by atoms with Crippen molar-refractivity contribution in [2.45, 2.75) is 19.8 Å². The van der Waals surface area contributed by atoms with Gasteiger partial charge in [0.1, 0.15) is 0 Å². The van der Waals surface area contributed by atoms with Crippen molar-refractivity contribution in [3.8, 4) is 0 Å². The van der Waals surface area contributed by atoms with Crippen molar-refractivity contribution < 1.29 is 4.21 Å². The summed E-state index contributed by atoms with van der Waals surface area (Å²) in [5, 5.41) is 2.98. The quantitative estimate of drug-likeness (QED) is 0.626. The minimum Gasteiger partial charge on any atom is -0.319 e. The van der Waals surface area contributed by atoms with Crippen LogP contribution in [-0.2, 0) is 10.8 Å². The number of unbranched alkanes of at least 4 members (excludes halogenated alkanes) is 1. The molecular weight excluding hydrogens is 146 g/mol. The van der Waals surface area contributed by atoms with Gasteiger partial charge >= 0.3 is 0 Å². The molecule has 0 aromatic heterocycles. The third-order valence-corrected chi connectivity index (χ3v) is 2.71. The lowest BCUT2D eigenvalue weighted by molar-refractivity contribution is 0.676. The maximum Gasteiger partial charge on any atom is 0.0359 e. The molecule has 1 atom stereocenters. The molecule has 1 N–H and O–H groups in total. The van der Waals surface area contributed by atoms with Crippen molar-refractivity contribution in [1.82, 2.24) is 5.32 Å². The molecule has 0 radical (unpaired) electrons. The molecule has 0 heterocycles. The van der Waals surface area contributed by atoms with Gasteiger partial charge < -0.3 is 5.32 Å². The number of rotatable bonds is 6. The van der Waals surface area contributed by atoms with E-state index in [9.17, 15) is 4.21 Å². The molecule has 10 heavy (non-hydrogen) atoms. The van der Waals surface area contributed by atoms with Crippen LogP contribution in [0.3, 0.4) is 0 Å². The Kier molecular flexibility index (Phi) is 7.30. The fourth-order valence-electron chi connectivity index (χ4n) is 0.623. The van der Waals surface area contributed by atoms with Gasteiger partial charge in [-0.3, -0.25) is 4.21 Å². The zero-order valence-electron chi connectivity index (χ0n) is 6.85. The molecule has 0 aliphatic heterocycles. The second kappa shape index (κ2) is 7.22. The Morgan fingerprint density at radius 1 is 1.40 bits per heavy atom. The van der Waals surface area contributed by atoms with E-state index in [-0.39, 0.29) is 0 Å². The first-order valence-corrected chi connectivity index (χ1v) is 5.29. The van der Waals surface area contributed by atoms with Crippen LogP contribution in [-0.4, -0.2) is 29.3 Å². The average molecular weight is 163 g/mol. The molecule has 0 bridgehead atoms. The molecule has 0 saturated carbocycles. The van der Waals surface area contributed by atoms with Gasteiger partial charge in [0.2, 0.25) is 0 Å². The highest BCUT2D eigenvalue weighted by Gasteiger charge is 1.95. The molecule has 0 aromatic carbocycles. The second-order valence-corrected chi connectivity index (χ2v) is 4.00. The SMILES string of the molecule is CCCCS(=O)CCNC. The average Bonchev–Trinajstić information content (AvgIpc) is 1.97. The summed E-state index contributed by atoms with van der Waals surface area (Å²) in [6.07, 6.45) is 2.24. The molecule has 0 aromatic rings. The van der Waals surface area contributed by atoms with E-state index in [4.69, 9.17) is 0 Å². The van der Waals surface area contributed by atoms with E-state index in [1.54, 1.807) is 0 Å². The van der Waals surface area contributed by atoms with Gasteiger partial charge in [0.15, 0.2) is 0 Å². The fraction of sp³-hybridized carbons (Fsp3) is 1.00. The van der Waals surface area contributed by atoms with Gasteiger partial charge in [0.05, 0.1) is 0 Å². The van der Waals surface area contributed by atoms with E-state index in [1.807, 2.05) is 7.05 Å². The van der Waals surface area contributed by atoms with Crippen molar-refractivity contribution in [3.05, 3.63) is 0 Å². The molecule has 0 aliphatic carbocycles. The first-order chi connectivity index (χ1) is 4.81. The third-order valence-electron chi connectivity index (χ3n) is 1.31. The summed E-state index contributed by atoms with van der Waals surface area (Å²) in [7, 11) is 1.30. The summed E-state index contributed by atoms with van der Waals surface area (Å²) in [5.41, 5.74) is 0. The highest BCUT2D eigenvalue weighted by Crippen LogP contribution is 1.90. The minimum atomic E-state index is -0.582. The Bertz CT molecular complexity index is 85.6. The van der Waals surface area contributed by atoms with Crippen LogP contribution in [0.2, 0.25) is 0 Å². The lowest BCUT2D eigenvalue weighted by atomic mass is 10.4. The van der Waals surface area contributed by atoms with Gasteiger partial charge in [-0.1, -0.05) is 13.3 Å². The van der Waals surface area contributed by atoms with Gasteiger partial charge in [-0.15, -0.1) is 0 Å². The normalized spacial score (nSPS) is 13.4. The van der Waals surface area contributed by atoms with E-state index in [2.05, 4.69) is 12.2 Å². The van der Waals surface area contributed by atoms with Crippen LogP contribution in [0.25, 0.3) is 0 Å². The van der Waals surface area contributed by atoms with Crippen LogP contribution < -0.4 is 5.32 Å². The van der Waals surface area contributed by atoms with E-state index < -0.39 is 10.8 Å². The smallest absolute Gasteiger partial charge is 0.0359 e. The Morgan fingerprint density at radius 3 is 2.60 bits per heavy atom. The van der Waals surface area contributed by atoms with Crippen LogP contribution in [0.4, 0.5) is 0 Å². The Morgan fingerprint density at radius 2 is 2.10 bits per heavy atom. The van der Waals surface area contributed by atoms with E-state index in [0.717, 1.165) is 30.9 Å². The van der Waals surface area contributed by atoms with Crippen LogP contribution in [0.5, 0.6) is 0 Å². The highest BCUT2D eigenvalue weighted by atomic mass is 32.2. The summed E-state index contributed by atoms with van der Waals surface area (Å²) in [5.74, 6) is 1.68. The Labute approximate surface area is 65.9 Å². The first kappa shape index (κ1) is 10.1. The summed E-state index contributed by atoms with van der Waals surface area (Å²) in [4.78, 5) is 0. The molecule has 62 valence electrons. The van der Waals surface area contributed by atoms with E-state index in [1.165, 1.54) is 0 Å².